The molecule has 0 fully saturated rings. The number of nitrogens with zero attached hydrogens (tertiary/aromatic N) is 3. The molecule has 0 unspecified atom stereocenters. The van der Waals surface area contributed by atoms with Gasteiger partial charge in [0.2, 0.25) is 5.69 Å². The maximum Gasteiger partial charge on any atom is 0.352 e. The summed E-state index contributed by atoms with van der Waals surface area (Å²) in [5.74, 6) is -0.589. The fourth-order valence-corrected chi connectivity index (χ4v) is 3.20. The molecule has 3 rings (SSSR count). The van der Waals surface area contributed by atoms with Gasteiger partial charge in [-0.2, -0.15) is 9.78 Å². The summed E-state index contributed by atoms with van der Waals surface area (Å²) < 4.78 is 2.20. The first-order valence-corrected chi connectivity index (χ1v) is 9.97. The van der Waals surface area contributed by atoms with Crippen LogP contribution in [0.1, 0.15) is 47.4 Å². The standard InChI is InChI=1S/C23H26N4O3/c1-5-17(4)24-21(28)20-22(29)26(14-18-9-7-6-8-10-18)23(30)27(25-20)19-12-15(2)11-16(3)13-19/h6-13,17H,5,14H2,1-4H3,(H,24,28)/t17-/m0/s1. The molecule has 156 valence electrons. The van der Waals surface area contributed by atoms with Gasteiger partial charge < -0.3 is 5.32 Å². The first kappa shape index (κ1) is 21.2. The molecule has 1 atom stereocenters. The summed E-state index contributed by atoms with van der Waals surface area (Å²) in [5.41, 5.74) is 1.60. The van der Waals surface area contributed by atoms with Gasteiger partial charge in [0.05, 0.1) is 12.2 Å². The first-order valence-electron chi connectivity index (χ1n) is 9.97. The van der Waals surface area contributed by atoms with E-state index in [0.717, 1.165) is 25.9 Å². The highest BCUT2D eigenvalue weighted by atomic mass is 16.2. The maximum atomic E-state index is 13.2. The van der Waals surface area contributed by atoms with E-state index < -0.39 is 17.2 Å². The Morgan fingerprint density at radius 3 is 2.30 bits per heavy atom. The van der Waals surface area contributed by atoms with E-state index in [9.17, 15) is 14.4 Å². The third kappa shape index (κ3) is 4.56. The van der Waals surface area contributed by atoms with Crippen LogP contribution in [0.25, 0.3) is 5.69 Å². The van der Waals surface area contributed by atoms with Crippen molar-refractivity contribution in [3.8, 4) is 5.69 Å². The molecular formula is C23H26N4O3. The van der Waals surface area contributed by atoms with Crippen molar-refractivity contribution in [3.63, 3.8) is 0 Å². The maximum absolute atomic E-state index is 13.2. The van der Waals surface area contributed by atoms with Crippen molar-refractivity contribution in [2.75, 3.05) is 0 Å². The van der Waals surface area contributed by atoms with Gasteiger partial charge in [0.25, 0.3) is 11.5 Å². The molecular weight excluding hydrogens is 380 g/mol. The van der Waals surface area contributed by atoms with Crippen molar-refractivity contribution < 1.29 is 4.79 Å². The average Bonchev–Trinajstić information content (AvgIpc) is 2.71. The van der Waals surface area contributed by atoms with Gasteiger partial charge in [0.15, 0.2) is 0 Å². The largest absolute Gasteiger partial charge is 0.352 e. The average molecular weight is 406 g/mol. The number of rotatable bonds is 6. The summed E-state index contributed by atoms with van der Waals surface area (Å²) in [4.78, 5) is 39.0. The lowest BCUT2D eigenvalue weighted by molar-refractivity contribution is 0.0929. The fraction of sp³-hybridized carbons (Fsp3) is 0.304. The van der Waals surface area contributed by atoms with Crippen molar-refractivity contribution >= 4 is 5.91 Å². The second-order valence-electron chi connectivity index (χ2n) is 7.55. The van der Waals surface area contributed by atoms with Gasteiger partial charge in [0.1, 0.15) is 0 Å². The summed E-state index contributed by atoms with van der Waals surface area (Å²) >= 11 is 0. The van der Waals surface area contributed by atoms with Crippen LogP contribution in [0.4, 0.5) is 0 Å². The second kappa shape index (κ2) is 8.90. The highest BCUT2D eigenvalue weighted by Gasteiger charge is 2.21. The summed E-state index contributed by atoms with van der Waals surface area (Å²) in [7, 11) is 0. The Morgan fingerprint density at radius 2 is 1.70 bits per heavy atom. The monoisotopic (exact) mass is 406 g/mol. The van der Waals surface area contributed by atoms with Gasteiger partial charge in [-0.25, -0.2) is 4.79 Å². The number of hydrogen-bond donors (Lipinski definition) is 1. The fourth-order valence-electron chi connectivity index (χ4n) is 3.20. The van der Waals surface area contributed by atoms with Gasteiger partial charge in [-0.05, 0) is 56.0 Å². The minimum atomic E-state index is -0.703. The number of nitrogens with one attached hydrogen (secondary N) is 1. The SMILES string of the molecule is CC[C@H](C)NC(=O)c1nn(-c2cc(C)cc(C)c2)c(=O)n(Cc2ccccc2)c1=O. The molecule has 0 bridgehead atoms. The van der Waals surface area contributed by atoms with Crippen LogP contribution in [-0.2, 0) is 6.54 Å². The topological polar surface area (TPSA) is 86.0 Å². The van der Waals surface area contributed by atoms with E-state index in [1.54, 1.807) is 12.1 Å². The van der Waals surface area contributed by atoms with Crippen molar-refractivity contribution in [1.82, 2.24) is 19.7 Å². The summed E-state index contributed by atoms with van der Waals surface area (Å²) in [5, 5.41) is 6.94. The quantitative estimate of drug-likeness (QED) is 0.682. The number of amides is 1. The summed E-state index contributed by atoms with van der Waals surface area (Å²) in [6.45, 7) is 7.66. The zero-order valence-corrected chi connectivity index (χ0v) is 17.7. The predicted molar refractivity (Wildman–Crippen MR) is 116 cm³/mol. The molecule has 7 heteroatoms. The third-order valence-electron chi connectivity index (χ3n) is 4.90. The van der Waals surface area contributed by atoms with E-state index in [1.807, 2.05) is 64.1 Å². The van der Waals surface area contributed by atoms with Crippen LogP contribution >= 0.6 is 0 Å². The first-order chi connectivity index (χ1) is 14.3. The van der Waals surface area contributed by atoms with Crippen LogP contribution < -0.4 is 16.6 Å². The van der Waals surface area contributed by atoms with E-state index in [1.165, 1.54) is 0 Å². The highest BCUT2D eigenvalue weighted by Crippen LogP contribution is 2.11. The number of aryl methyl sites for hydroxylation is 2. The van der Waals surface area contributed by atoms with Crippen LogP contribution in [0.3, 0.4) is 0 Å². The molecule has 0 radical (unpaired) electrons. The van der Waals surface area contributed by atoms with Crippen molar-refractivity contribution in [2.45, 2.75) is 46.7 Å². The van der Waals surface area contributed by atoms with E-state index >= 15 is 0 Å². The molecule has 0 aliphatic rings. The van der Waals surface area contributed by atoms with E-state index in [-0.39, 0.29) is 18.3 Å². The van der Waals surface area contributed by atoms with Gasteiger partial charge in [-0.3, -0.25) is 14.2 Å². The molecule has 0 aliphatic carbocycles. The van der Waals surface area contributed by atoms with Crippen molar-refractivity contribution in [2.24, 2.45) is 0 Å². The molecule has 0 aliphatic heterocycles. The Bertz CT molecular complexity index is 1160. The zero-order valence-electron chi connectivity index (χ0n) is 17.7. The van der Waals surface area contributed by atoms with Gasteiger partial charge in [0, 0.05) is 6.04 Å². The minimum Gasteiger partial charge on any atom is -0.348 e. The molecule has 1 amide bonds. The molecule has 7 nitrogen and oxygen atoms in total. The van der Waals surface area contributed by atoms with E-state index in [4.69, 9.17) is 0 Å². The summed E-state index contributed by atoms with van der Waals surface area (Å²) in [6.07, 6.45) is 0.709. The smallest absolute Gasteiger partial charge is 0.348 e. The van der Waals surface area contributed by atoms with Crippen molar-refractivity contribution in [1.29, 1.82) is 0 Å². The Labute approximate surface area is 175 Å². The third-order valence-corrected chi connectivity index (χ3v) is 4.90. The van der Waals surface area contributed by atoms with Crippen LogP contribution in [0.2, 0.25) is 0 Å². The molecule has 2 aromatic carbocycles. The lowest BCUT2D eigenvalue weighted by Crippen LogP contribution is -2.47. The molecule has 0 saturated carbocycles. The zero-order chi connectivity index (χ0) is 21.8. The van der Waals surface area contributed by atoms with Crippen LogP contribution in [0.5, 0.6) is 0 Å². The number of benzene rings is 2. The Hall–Kier alpha value is -3.48. The molecule has 0 spiro atoms. The lowest BCUT2D eigenvalue weighted by Gasteiger charge is -2.15. The number of hydrogen-bond acceptors (Lipinski definition) is 4. The van der Waals surface area contributed by atoms with Crippen LogP contribution in [0, 0.1) is 13.8 Å². The number of carbonyl (C=O) groups is 1. The number of aromatic nitrogens is 3. The normalized spacial score (nSPS) is 11.9. The van der Waals surface area contributed by atoms with E-state index in [2.05, 4.69) is 10.4 Å². The molecule has 1 aromatic heterocycles. The molecule has 0 saturated heterocycles. The summed E-state index contributed by atoms with van der Waals surface area (Å²) in [6, 6.07) is 14.6. The molecule has 3 aromatic rings. The highest BCUT2D eigenvalue weighted by molar-refractivity contribution is 5.91. The van der Waals surface area contributed by atoms with E-state index in [0.29, 0.717) is 12.1 Å². The Kier molecular flexibility index (Phi) is 6.30. The molecule has 1 heterocycles. The molecule has 30 heavy (non-hydrogen) atoms. The van der Waals surface area contributed by atoms with Crippen LogP contribution in [0.15, 0.2) is 58.1 Å². The van der Waals surface area contributed by atoms with Crippen molar-refractivity contribution in [3.05, 3.63) is 91.8 Å². The van der Waals surface area contributed by atoms with Gasteiger partial charge in [-0.15, -0.1) is 0 Å². The Morgan fingerprint density at radius 1 is 1.07 bits per heavy atom. The van der Waals surface area contributed by atoms with Gasteiger partial charge >= 0.3 is 5.69 Å². The Balaban J connectivity index is 2.22. The second-order valence-corrected chi connectivity index (χ2v) is 7.55. The predicted octanol–water partition coefficient (Wildman–Crippen LogP) is 2.59. The number of carbonyl (C=O) groups excluding carboxylic acids is 1. The lowest BCUT2D eigenvalue weighted by atomic mass is 10.1. The minimum absolute atomic E-state index is 0.0510. The molecule has 1 N–H and O–H groups in total. The van der Waals surface area contributed by atoms with Crippen LogP contribution in [-0.4, -0.2) is 26.3 Å². The van der Waals surface area contributed by atoms with Gasteiger partial charge in [-0.1, -0.05) is 43.3 Å².